The lowest BCUT2D eigenvalue weighted by molar-refractivity contribution is 0.653. The summed E-state index contributed by atoms with van der Waals surface area (Å²) in [5.41, 5.74) is 2.07. The first-order valence-electron chi connectivity index (χ1n) is 7.18. The van der Waals surface area contributed by atoms with Gasteiger partial charge in [-0.1, -0.05) is 12.5 Å². The van der Waals surface area contributed by atoms with Gasteiger partial charge in [0.25, 0.3) is 0 Å². The molecule has 2 saturated carbocycles. The summed E-state index contributed by atoms with van der Waals surface area (Å²) in [6, 6.07) is 4.61. The van der Waals surface area contributed by atoms with Crippen molar-refractivity contribution in [1.29, 1.82) is 0 Å². The minimum Gasteiger partial charge on any atom is -0.355 e. The first-order valence-corrected chi connectivity index (χ1v) is 8.33. The topological polar surface area (TPSA) is 16.1 Å². The summed E-state index contributed by atoms with van der Waals surface area (Å²) in [5.74, 6) is 4.66. The van der Waals surface area contributed by atoms with Crippen LogP contribution in [0, 0.1) is 5.92 Å². The summed E-state index contributed by atoms with van der Waals surface area (Å²) in [7, 11) is 0. The third-order valence-electron chi connectivity index (χ3n) is 5.07. The van der Waals surface area contributed by atoms with Crippen molar-refractivity contribution in [3.05, 3.63) is 23.9 Å². The van der Waals surface area contributed by atoms with Crippen LogP contribution in [-0.2, 0) is 5.41 Å². The number of aromatic nitrogens is 1. The molecule has 3 aliphatic rings. The van der Waals surface area contributed by atoms with E-state index in [1.807, 2.05) is 0 Å². The predicted octanol–water partition coefficient (Wildman–Crippen LogP) is 3.08. The maximum absolute atomic E-state index is 4.74. The molecule has 1 aliphatic heterocycles. The van der Waals surface area contributed by atoms with Crippen molar-refractivity contribution in [2.24, 2.45) is 5.92 Å². The molecule has 18 heavy (non-hydrogen) atoms. The van der Waals surface area contributed by atoms with Gasteiger partial charge in [0.1, 0.15) is 5.82 Å². The Labute approximate surface area is 113 Å². The molecule has 0 spiro atoms. The normalized spacial score (nSPS) is 34.4. The lowest BCUT2D eigenvalue weighted by atomic mass is 9.95. The predicted molar refractivity (Wildman–Crippen MR) is 77.4 cm³/mol. The Bertz CT molecular complexity index is 438. The zero-order chi connectivity index (χ0) is 12.0. The van der Waals surface area contributed by atoms with Crippen LogP contribution in [0.4, 0.5) is 5.82 Å². The highest BCUT2D eigenvalue weighted by Gasteiger charge is 2.57. The van der Waals surface area contributed by atoms with Gasteiger partial charge >= 0.3 is 0 Å². The molecule has 2 heterocycles. The zero-order valence-corrected chi connectivity index (χ0v) is 11.6. The number of hydrogen-bond donors (Lipinski definition) is 0. The van der Waals surface area contributed by atoms with Crippen LogP contribution in [-0.4, -0.2) is 29.6 Å². The Morgan fingerprint density at radius 1 is 1.28 bits per heavy atom. The van der Waals surface area contributed by atoms with Gasteiger partial charge in [-0.15, -0.1) is 0 Å². The molecule has 2 aliphatic carbocycles. The molecule has 2 atom stereocenters. The summed E-state index contributed by atoms with van der Waals surface area (Å²) < 4.78 is 0. The molecular weight excluding hydrogens is 240 g/mol. The molecule has 1 aromatic rings. The fraction of sp³-hybridized carbons (Fsp3) is 0.667. The molecule has 0 bridgehead atoms. The van der Waals surface area contributed by atoms with Gasteiger partial charge in [-0.2, -0.15) is 11.8 Å². The van der Waals surface area contributed by atoms with Crippen LogP contribution in [0.15, 0.2) is 18.3 Å². The van der Waals surface area contributed by atoms with Crippen molar-refractivity contribution < 1.29 is 0 Å². The van der Waals surface area contributed by atoms with Crippen molar-refractivity contribution in [3.63, 3.8) is 0 Å². The number of fused-ring (bicyclic) bond motifs is 1. The van der Waals surface area contributed by atoms with E-state index in [0.29, 0.717) is 5.41 Å². The first kappa shape index (κ1) is 11.2. The van der Waals surface area contributed by atoms with Crippen molar-refractivity contribution >= 4 is 17.6 Å². The van der Waals surface area contributed by atoms with Gasteiger partial charge in [-0.25, -0.2) is 4.98 Å². The van der Waals surface area contributed by atoms with Crippen molar-refractivity contribution in [2.45, 2.75) is 31.1 Å². The van der Waals surface area contributed by atoms with E-state index in [-0.39, 0.29) is 0 Å². The monoisotopic (exact) mass is 260 g/mol. The van der Waals surface area contributed by atoms with Gasteiger partial charge in [-0.3, -0.25) is 0 Å². The van der Waals surface area contributed by atoms with Crippen LogP contribution in [0.3, 0.4) is 0 Å². The Balaban J connectivity index is 1.54. The van der Waals surface area contributed by atoms with Crippen LogP contribution in [0.5, 0.6) is 0 Å². The number of rotatable bonds is 2. The number of thioether (sulfide) groups is 1. The number of anilines is 1. The van der Waals surface area contributed by atoms with Gasteiger partial charge in [0, 0.05) is 30.8 Å². The molecule has 0 aromatic carbocycles. The summed E-state index contributed by atoms with van der Waals surface area (Å²) in [6.07, 6.45) is 7.87. The molecule has 1 aromatic heterocycles. The third-order valence-corrected chi connectivity index (χ3v) is 6.01. The molecular formula is C15H20N2S. The van der Waals surface area contributed by atoms with E-state index >= 15 is 0 Å². The Morgan fingerprint density at radius 3 is 2.78 bits per heavy atom. The second-order valence-corrected chi connectivity index (χ2v) is 7.18. The zero-order valence-electron chi connectivity index (χ0n) is 10.8. The van der Waals surface area contributed by atoms with Gasteiger partial charge in [-0.05, 0) is 42.2 Å². The summed E-state index contributed by atoms with van der Waals surface area (Å²) in [4.78, 5) is 7.16. The molecule has 4 rings (SSSR count). The highest BCUT2D eigenvalue weighted by atomic mass is 32.2. The fourth-order valence-corrected chi connectivity index (χ4v) is 4.79. The van der Waals surface area contributed by atoms with Crippen molar-refractivity contribution in [1.82, 2.24) is 4.98 Å². The van der Waals surface area contributed by atoms with Gasteiger partial charge < -0.3 is 4.90 Å². The highest BCUT2D eigenvalue weighted by Crippen LogP contribution is 2.64. The van der Waals surface area contributed by atoms with E-state index < -0.39 is 0 Å². The van der Waals surface area contributed by atoms with E-state index in [4.69, 9.17) is 4.98 Å². The molecule has 2 nitrogen and oxygen atoms in total. The minimum absolute atomic E-state index is 0.559. The molecule has 3 fully saturated rings. The van der Waals surface area contributed by atoms with E-state index in [1.54, 1.807) is 0 Å². The Hall–Kier alpha value is -0.700. The SMILES string of the molecule is c1cc(N2CCSCC2)ncc1[C@@]12CCCC1C2. The molecule has 96 valence electrons. The van der Waals surface area contributed by atoms with E-state index in [1.165, 1.54) is 48.6 Å². The summed E-state index contributed by atoms with van der Waals surface area (Å²) in [5, 5.41) is 0. The van der Waals surface area contributed by atoms with Crippen LogP contribution >= 0.6 is 11.8 Å². The quantitative estimate of drug-likeness (QED) is 0.813. The van der Waals surface area contributed by atoms with Crippen LogP contribution < -0.4 is 4.90 Å². The molecule has 1 saturated heterocycles. The molecule has 0 radical (unpaired) electrons. The minimum atomic E-state index is 0.559. The highest BCUT2D eigenvalue weighted by molar-refractivity contribution is 7.99. The molecule has 0 amide bonds. The van der Waals surface area contributed by atoms with Crippen LogP contribution in [0.25, 0.3) is 0 Å². The van der Waals surface area contributed by atoms with Gasteiger partial charge in [0.05, 0.1) is 0 Å². The number of hydrogen-bond acceptors (Lipinski definition) is 3. The average Bonchev–Trinajstić information content (AvgIpc) is 3.02. The summed E-state index contributed by atoms with van der Waals surface area (Å²) in [6.45, 7) is 2.32. The second kappa shape index (κ2) is 4.16. The summed E-state index contributed by atoms with van der Waals surface area (Å²) >= 11 is 2.05. The van der Waals surface area contributed by atoms with Crippen LogP contribution in [0.2, 0.25) is 0 Å². The largest absolute Gasteiger partial charge is 0.355 e. The number of pyridine rings is 1. The molecule has 1 unspecified atom stereocenters. The van der Waals surface area contributed by atoms with Gasteiger partial charge in [0.2, 0.25) is 0 Å². The van der Waals surface area contributed by atoms with Crippen LogP contribution in [0.1, 0.15) is 31.2 Å². The van der Waals surface area contributed by atoms with Crippen molar-refractivity contribution in [2.75, 3.05) is 29.5 Å². The Morgan fingerprint density at radius 2 is 2.17 bits per heavy atom. The smallest absolute Gasteiger partial charge is 0.128 e. The maximum atomic E-state index is 4.74. The van der Waals surface area contributed by atoms with E-state index in [0.717, 1.165) is 19.0 Å². The first-order chi connectivity index (χ1) is 8.88. The Kier molecular flexibility index (Phi) is 2.58. The lowest BCUT2D eigenvalue weighted by Gasteiger charge is -2.27. The average molecular weight is 260 g/mol. The second-order valence-electron chi connectivity index (χ2n) is 5.95. The molecule has 3 heteroatoms. The van der Waals surface area contributed by atoms with E-state index in [2.05, 4.69) is 35.0 Å². The molecule has 0 N–H and O–H groups in total. The van der Waals surface area contributed by atoms with E-state index in [9.17, 15) is 0 Å². The third kappa shape index (κ3) is 1.67. The maximum Gasteiger partial charge on any atom is 0.128 e. The van der Waals surface area contributed by atoms with Crippen molar-refractivity contribution in [3.8, 4) is 0 Å². The number of nitrogens with zero attached hydrogens (tertiary/aromatic N) is 2. The fourth-order valence-electron chi connectivity index (χ4n) is 3.89. The lowest BCUT2D eigenvalue weighted by Crippen LogP contribution is -2.33. The standard InChI is InChI=1S/C15H20N2S/c1-2-12-10-15(12,5-1)13-3-4-14(16-11-13)17-6-8-18-9-7-17/h3-4,11-12H,1-2,5-10H2/t12?,15-/m1/s1. The van der Waals surface area contributed by atoms with Gasteiger partial charge in [0.15, 0.2) is 0 Å².